The third-order valence-corrected chi connectivity index (χ3v) is 5.42. The average Bonchev–Trinajstić information content (AvgIpc) is 2.93. The van der Waals surface area contributed by atoms with E-state index in [-0.39, 0.29) is 18.0 Å². The lowest BCUT2D eigenvalue weighted by Gasteiger charge is -2.11. The second-order valence-corrected chi connectivity index (χ2v) is 8.01. The molecule has 0 aromatic heterocycles. The van der Waals surface area contributed by atoms with Crippen LogP contribution in [0, 0.1) is 0 Å². The molecule has 0 aromatic rings. The number of unbranched alkanes of at least 4 members (excludes halogenated alkanes) is 11. The minimum absolute atomic E-state index is 0.0669. The summed E-state index contributed by atoms with van der Waals surface area (Å²) in [7, 11) is 0. The van der Waals surface area contributed by atoms with Crippen molar-refractivity contribution >= 4 is 11.9 Å². The van der Waals surface area contributed by atoms with Gasteiger partial charge in [-0.2, -0.15) is 0 Å². The zero-order chi connectivity index (χ0) is 19.9. The highest BCUT2D eigenvalue weighted by molar-refractivity contribution is 5.91. The first kappa shape index (κ1) is 23.7. The van der Waals surface area contributed by atoms with E-state index in [9.17, 15) is 9.59 Å². The number of rotatable bonds is 16. The molecule has 0 aliphatic carbocycles. The Morgan fingerprint density at radius 3 is 1.85 bits per heavy atom. The summed E-state index contributed by atoms with van der Waals surface area (Å²) in [6.45, 7) is 5.86. The van der Waals surface area contributed by atoms with Crippen molar-refractivity contribution in [2.45, 2.75) is 117 Å². The predicted molar refractivity (Wildman–Crippen MR) is 110 cm³/mol. The summed E-state index contributed by atoms with van der Waals surface area (Å²) in [5, 5.41) is 0. The summed E-state index contributed by atoms with van der Waals surface area (Å²) >= 11 is 0. The second-order valence-electron chi connectivity index (χ2n) is 8.01. The van der Waals surface area contributed by atoms with Crippen molar-refractivity contribution in [3.63, 3.8) is 0 Å². The first-order valence-electron chi connectivity index (χ1n) is 11.0. The van der Waals surface area contributed by atoms with Gasteiger partial charge >= 0.3 is 11.9 Å². The molecule has 1 aliphatic rings. The number of ether oxygens (including phenoxy) is 2. The molecule has 0 aromatic carbocycles. The molecule has 1 rings (SSSR count). The van der Waals surface area contributed by atoms with Gasteiger partial charge in [-0.05, 0) is 45.1 Å². The summed E-state index contributed by atoms with van der Waals surface area (Å²) in [4.78, 5) is 22.1. The molecule has 0 saturated carbocycles. The maximum absolute atomic E-state index is 11.3. The Morgan fingerprint density at radius 1 is 0.926 bits per heavy atom. The Labute approximate surface area is 166 Å². The van der Waals surface area contributed by atoms with Crippen LogP contribution in [0.15, 0.2) is 11.1 Å². The molecule has 0 bridgehead atoms. The van der Waals surface area contributed by atoms with Crippen LogP contribution in [0.2, 0.25) is 0 Å². The van der Waals surface area contributed by atoms with Gasteiger partial charge in [0.05, 0.1) is 6.10 Å². The van der Waals surface area contributed by atoms with Crippen molar-refractivity contribution in [1.82, 2.24) is 0 Å². The van der Waals surface area contributed by atoms with E-state index in [0.717, 1.165) is 24.8 Å². The molecule has 0 radical (unpaired) electrons. The molecular formula is C23H40O4. The lowest BCUT2D eigenvalue weighted by molar-refractivity contribution is -0.145. The number of hydrogen-bond acceptors (Lipinski definition) is 4. The van der Waals surface area contributed by atoms with Crippen LogP contribution < -0.4 is 0 Å². The molecule has 1 heterocycles. The van der Waals surface area contributed by atoms with Crippen LogP contribution >= 0.6 is 0 Å². The highest BCUT2D eigenvalue weighted by atomic mass is 16.5. The molecule has 0 fully saturated rings. The van der Waals surface area contributed by atoms with E-state index in [1.807, 2.05) is 13.8 Å². The highest BCUT2D eigenvalue weighted by Crippen LogP contribution is 2.21. The number of esters is 2. The molecule has 0 amide bonds. The largest absolute Gasteiger partial charge is 0.463 e. The zero-order valence-corrected chi connectivity index (χ0v) is 17.8. The lowest BCUT2D eigenvalue weighted by Crippen LogP contribution is -2.11. The van der Waals surface area contributed by atoms with Crippen LogP contribution in [0.1, 0.15) is 111 Å². The first-order valence-corrected chi connectivity index (χ1v) is 11.0. The minimum atomic E-state index is -0.171. The molecular weight excluding hydrogens is 340 g/mol. The summed E-state index contributed by atoms with van der Waals surface area (Å²) in [5.74, 6) is -0.295. The Balaban J connectivity index is 1.78. The van der Waals surface area contributed by atoms with E-state index in [4.69, 9.17) is 9.47 Å². The van der Waals surface area contributed by atoms with Crippen molar-refractivity contribution in [1.29, 1.82) is 0 Å². The summed E-state index contributed by atoms with van der Waals surface area (Å²) < 4.78 is 10.2. The van der Waals surface area contributed by atoms with Crippen molar-refractivity contribution < 1.29 is 19.1 Å². The van der Waals surface area contributed by atoms with E-state index < -0.39 is 0 Å². The minimum Gasteiger partial charge on any atom is -0.463 e. The van der Waals surface area contributed by atoms with Gasteiger partial charge < -0.3 is 9.47 Å². The van der Waals surface area contributed by atoms with Crippen LogP contribution in [-0.2, 0) is 19.1 Å². The molecule has 0 saturated heterocycles. The van der Waals surface area contributed by atoms with Crippen LogP contribution in [0.3, 0.4) is 0 Å². The van der Waals surface area contributed by atoms with E-state index in [1.54, 1.807) is 0 Å². The molecule has 27 heavy (non-hydrogen) atoms. The van der Waals surface area contributed by atoms with Gasteiger partial charge in [-0.3, -0.25) is 4.79 Å². The van der Waals surface area contributed by atoms with Gasteiger partial charge in [0, 0.05) is 12.5 Å². The smallest absolute Gasteiger partial charge is 0.334 e. The lowest BCUT2D eigenvalue weighted by atomic mass is 10.0. The first-order chi connectivity index (χ1) is 13.0. The molecule has 4 heteroatoms. The second kappa shape index (κ2) is 14.7. The third-order valence-electron chi connectivity index (χ3n) is 5.42. The number of carbonyl (C=O) groups excluding carboxylic acids is 2. The fourth-order valence-electron chi connectivity index (χ4n) is 3.65. The SMILES string of the molecule is CC(=O)O[C@@H](C)CCCCCCCCCCCCCCC1=C(C)C(=O)OC1. The third kappa shape index (κ3) is 11.9. The van der Waals surface area contributed by atoms with Gasteiger partial charge in [0.15, 0.2) is 0 Å². The van der Waals surface area contributed by atoms with E-state index in [0.29, 0.717) is 6.61 Å². The van der Waals surface area contributed by atoms with Crippen molar-refractivity contribution in [2.24, 2.45) is 0 Å². The standard InChI is InChI=1S/C23H40O4/c1-19(27-21(3)24)16-14-12-10-8-6-4-5-7-9-11-13-15-17-22-18-26-23(25)20(22)2/h19H,4-18H2,1-3H3/t19-/m0/s1. The number of hydrogen-bond donors (Lipinski definition) is 0. The van der Waals surface area contributed by atoms with E-state index in [2.05, 4.69) is 0 Å². The van der Waals surface area contributed by atoms with E-state index in [1.165, 1.54) is 83.1 Å². The summed E-state index contributed by atoms with van der Waals surface area (Å²) in [5.41, 5.74) is 2.05. The van der Waals surface area contributed by atoms with Crippen LogP contribution in [-0.4, -0.2) is 24.6 Å². The molecule has 0 spiro atoms. The molecule has 1 aliphatic heterocycles. The van der Waals surface area contributed by atoms with E-state index >= 15 is 0 Å². The van der Waals surface area contributed by atoms with Gasteiger partial charge in [-0.25, -0.2) is 4.79 Å². The Kier molecular flexibility index (Phi) is 12.9. The number of carbonyl (C=O) groups is 2. The zero-order valence-electron chi connectivity index (χ0n) is 17.8. The summed E-state index contributed by atoms with van der Waals surface area (Å²) in [6, 6.07) is 0. The Morgan fingerprint density at radius 2 is 1.41 bits per heavy atom. The fourth-order valence-corrected chi connectivity index (χ4v) is 3.65. The van der Waals surface area contributed by atoms with Crippen LogP contribution in [0.4, 0.5) is 0 Å². The maximum atomic E-state index is 11.3. The van der Waals surface area contributed by atoms with Crippen LogP contribution in [0.25, 0.3) is 0 Å². The Hall–Kier alpha value is -1.32. The monoisotopic (exact) mass is 380 g/mol. The fraction of sp³-hybridized carbons (Fsp3) is 0.826. The molecule has 0 N–H and O–H groups in total. The molecule has 1 atom stereocenters. The summed E-state index contributed by atoms with van der Waals surface area (Å²) in [6.07, 6.45) is 17.6. The van der Waals surface area contributed by atoms with Crippen molar-refractivity contribution in [3.8, 4) is 0 Å². The molecule has 4 nitrogen and oxygen atoms in total. The highest BCUT2D eigenvalue weighted by Gasteiger charge is 2.19. The van der Waals surface area contributed by atoms with Crippen molar-refractivity contribution in [3.05, 3.63) is 11.1 Å². The Bertz CT molecular complexity index is 467. The van der Waals surface area contributed by atoms with Crippen molar-refractivity contribution in [2.75, 3.05) is 6.61 Å². The average molecular weight is 381 g/mol. The number of cyclic esters (lactones) is 1. The molecule has 156 valence electrons. The quantitative estimate of drug-likeness (QED) is 0.234. The molecule has 0 unspecified atom stereocenters. The van der Waals surface area contributed by atoms with Gasteiger partial charge in [0.1, 0.15) is 6.61 Å². The normalized spacial score (nSPS) is 15.1. The van der Waals surface area contributed by atoms with Gasteiger partial charge in [-0.1, -0.05) is 64.2 Å². The van der Waals surface area contributed by atoms with Gasteiger partial charge in [-0.15, -0.1) is 0 Å². The van der Waals surface area contributed by atoms with Gasteiger partial charge in [0.25, 0.3) is 0 Å². The topological polar surface area (TPSA) is 52.6 Å². The predicted octanol–water partition coefficient (Wildman–Crippen LogP) is 6.27. The maximum Gasteiger partial charge on any atom is 0.334 e. The van der Waals surface area contributed by atoms with Crippen LogP contribution in [0.5, 0.6) is 0 Å². The van der Waals surface area contributed by atoms with Gasteiger partial charge in [0.2, 0.25) is 0 Å².